The van der Waals surface area contributed by atoms with Crippen molar-refractivity contribution < 1.29 is 0 Å². The quantitative estimate of drug-likeness (QED) is 0.634. The van der Waals surface area contributed by atoms with Gasteiger partial charge >= 0.3 is 0 Å². The normalized spacial score (nSPS) is 22.3. The first-order valence-corrected chi connectivity index (χ1v) is 10.0. The van der Waals surface area contributed by atoms with Gasteiger partial charge in [-0.1, -0.05) is 53.2 Å². The molecule has 0 radical (unpaired) electrons. The molecule has 24 heavy (non-hydrogen) atoms. The average molecular weight is 405 g/mol. The zero-order valence-corrected chi connectivity index (χ0v) is 16.3. The zero-order valence-electron chi connectivity index (χ0n) is 13.9. The zero-order chi connectivity index (χ0) is 16.7. The number of aromatic nitrogens is 3. The van der Waals surface area contributed by atoms with Gasteiger partial charge in [-0.15, -0.1) is 10.2 Å². The third kappa shape index (κ3) is 3.27. The van der Waals surface area contributed by atoms with Gasteiger partial charge in [0.2, 0.25) is 4.96 Å². The van der Waals surface area contributed by atoms with E-state index in [1.165, 1.54) is 24.4 Å². The molecule has 1 aliphatic heterocycles. The minimum absolute atomic E-state index is 0.790. The van der Waals surface area contributed by atoms with Crippen LogP contribution in [0.15, 0.2) is 34.9 Å². The van der Waals surface area contributed by atoms with Crippen molar-refractivity contribution in [3.05, 3.63) is 39.8 Å². The SMILES string of the molecule is C[C@H]1C[C@H](C)CN(Cc2cn3c(-c4ccc(Br)cc4)nnc3s2)C1. The van der Waals surface area contributed by atoms with Gasteiger partial charge in [0, 0.05) is 40.7 Å². The van der Waals surface area contributed by atoms with Crippen molar-refractivity contribution in [2.45, 2.75) is 26.8 Å². The molecule has 1 aliphatic rings. The highest BCUT2D eigenvalue weighted by molar-refractivity contribution is 9.10. The topological polar surface area (TPSA) is 33.4 Å². The van der Waals surface area contributed by atoms with Gasteiger partial charge in [-0.05, 0) is 30.4 Å². The van der Waals surface area contributed by atoms with E-state index in [1.54, 1.807) is 11.3 Å². The number of fused-ring (bicyclic) bond motifs is 1. The molecule has 2 aromatic heterocycles. The van der Waals surface area contributed by atoms with Crippen LogP contribution in [0.3, 0.4) is 0 Å². The fourth-order valence-corrected chi connectivity index (χ4v) is 4.98. The van der Waals surface area contributed by atoms with Crippen molar-refractivity contribution in [2.75, 3.05) is 13.1 Å². The highest BCUT2D eigenvalue weighted by atomic mass is 79.9. The van der Waals surface area contributed by atoms with Crippen molar-refractivity contribution in [3.63, 3.8) is 0 Å². The van der Waals surface area contributed by atoms with Crippen LogP contribution in [-0.4, -0.2) is 32.6 Å². The molecule has 0 aliphatic carbocycles. The van der Waals surface area contributed by atoms with Gasteiger partial charge in [0.05, 0.1) is 0 Å². The number of halogens is 1. The Kier molecular flexibility index (Phi) is 4.45. The second-order valence-electron chi connectivity index (χ2n) is 7.02. The van der Waals surface area contributed by atoms with Gasteiger partial charge in [-0.2, -0.15) is 0 Å². The lowest BCUT2D eigenvalue weighted by Gasteiger charge is -2.34. The summed E-state index contributed by atoms with van der Waals surface area (Å²) in [5.74, 6) is 2.50. The van der Waals surface area contributed by atoms with Crippen LogP contribution in [0.4, 0.5) is 0 Å². The second-order valence-corrected chi connectivity index (χ2v) is 9.03. The highest BCUT2D eigenvalue weighted by Gasteiger charge is 2.22. The number of hydrogen-bond donors (Lipinski definition) is 0. The lowest BCUT2D eigenvalue weighted by Crippen LogP contribution is -2.37. The summed E-state index contributed by atoms with van der Waals surface area (Å²) in [6.07, 6.45) is 3.56. The predicted octanol–water partition coefficient (Wildman–Crippen LogP) is 4.70. The van der Waals surface area contributed by atoms with E-state index in [9.17, 15) is 0 Å². The van der Waals surface area contributed by atoms with E-state index in [1.807, 2.05) is 12.1 Å². The summed E-state index contributed by atoms with van der Waals surface area (Å²) in [4.78, 5) is 4.91. The summed E-state index contributed by atoms with van der Waals surface area (Å²) in [5, 5.41) is 8.72. The highest BCUT2D eigenvalue weighted by Crippen LogP contribution is 2.28. The molecular formula is C18H21BrN4S. The number of nitrogens with zero attached hydrogens (tertiary/aromatic N) is 4. The Hall–Kier alpha value is -1.24. The van der Waals surface area contributed by atoms with Gasteiger partial charge in [0.25, 0.3) is 0 Å². The summed E-state index contributed by atoms with van der Waals surface area (Å²) in [5.41, 5.74) is 1.09. The van der Waals surface area contributed by atoms with Gasteiger partial charge in [0.1, 0.15) is 0 Å². The maximum Gasteiger partial charge on any atom is 0.216 e. The average Bonchev–Trinajstić information content (AvgIpc) is 3.07. The Labute approximate surface area is 154 Å². The first-order chi connectivity index (χ1) is 11.6. The van der Waals surface area contributed by atoms with E-state index in [0.717, 1.165) is 39.2 Å². The first kappa shape index (κ1) is 16.2. The third-order valence-electron chi connectivity index (χ3n) is 4.59. The summed E-state index contributed by atoms with van der Waals surface area (Å²) in [7, 11) is 0. The Bertz CT molecular complexity index is 828. The molecule has 0 amide bonds. The molecular weight excluding hydrogens is 384 g/mol. The molecule has 1 fully saturated rings. The molecule has 126 valence electrons. The summed E-state index contributed by atoms with van der Waals surface area (Å²) < 4.78 is 3.20. The van der Waals surface area contributed by atoms with Crippen molar-refractivity contribution in [1.82, 2.24) is 19.5 Å². The van der Waals surface area contributed by atoms with E-state index in [4.69, 9.17) is 0 Å². The molecule has 1 saturated heterocycles. The molecule has 1 aromatic carbocycles. The van der Waals surface area contributed by atoms with Crippen LogP contribution in [0.5, 0.6) is 0 Å². The number of piperidine rings is 1. The van der Waals surface area contributed by atoms with Crippen LogP contribution in [0.2, 0.25) is 0 Å². The monoisotopic (exact) mass is 404 g/mol. The number of rotatable bonds is 3. The Balaban J connectivity index is 1.59. The standard InChI is InChI=1S/C18H21BrN4S/c1-12-7-13(2)9-22(8-12)10-16-11-23-17(20-21-18(23)24-16)14-3-5-15(19)6-4-14/h3-6,11-13H,7-10H2,1-2H3/t12-,13-/m0/s1. The van der Waals surface area contributed by atoms with Crippen LogP contribution in [0.1, 0.15) is 25.1 Å². The number of thiazole rings is 1. The second kappa shape index (κ2) is 6.58. The Morgan fingerprint density at radius 3 is 2.54 bits per heavy atom. The van der Waals surface area contributed by atoms with Crippen LogP contribution < -0.4 is 0 Å². The number of likely N-dealkylation sites (tertiary alicyclic amines) is 1. The minimum atomic E-state index is 0.790. The van der Waals surface area contributed by atoms with E-state index >= 15 is 0 Å². The first-order valence-electron chi connectivity index (χ1n) is 8.40. The predicted molar refractivity (Wildman–Crippen MR) is 102 cm³/mol. The maximum atomic E-state index is 4.36. The molecule has 2 atom stereocenters. The maximum absolute atomic E-state index is 4.36. The van der Waals surface area contributed by atoms with Gasteiger partial charge in [-0.3, -0.25) is 9.30 Å². The largest absolute Gasteiger partial charge is 0.298 e. The number of benzene rings is 1. The lowest BCUT2D eigenvalue weighted by atomic mass is 9.92. The molecule has 0 bridgehead atoms. The van der Waals surface area contributed by atoms with E-state index in [0.29, 0.717) is 0 Å². The van der Waals surface area contributed by atoms with Crippen molar-refractivity contribution in [2.24, 2.45) is 11.8 Å². The molecule has 0 unspecified atom stereocenters. The molecule has 3 aromatic rings. The van der Waals surface area contributed by atoms with Crippen LogP contribution in [0.25, 0.3) is 16.3 Å². The van der Waals surface area contributed by atoms with E-state index in [2.05, 4.69) is 67.6 Å². The van der Waals surface area contributed by atoms with Crippen LogP contribution >= 0.6 is 27.3 Å². The summed E-state index contributed by atoms with van der Waals surface area (Å²) in [6.45, 7) is 8.13. The fraction of sp³-hybridized carbons (Fsp3) is 0.444. The fourth-order valence-electron chi connectivity index (χ4n) is 3.76. The van der Waals surface area contributed by atoms with E-state index < -0.39 is 0 Å². The van der Waals surface area contributed by atoms with Gasteiger partial charge < -0.3 is 0 Å². The molecule has 6 heteroatoms. The molecule has 4 rings (SSSR count). The Morgan fingerprint density at radius 2 is 1.83 bits per heavy atom. The molecule has 0 saturated carbocycles. The molecule has 0 N–H and O–H groups in total. The van der Waals surface area contributed by atoms with Crippen molar-refractivity contribution in [1.29, 1.82) is 0 Å². The molecule has 3 heterocycles. The Morgan fingerprint density at radius 1 is 1.12 bits per heavy atom. The van der Waals surface area contributed by atoms with Crippen molar-refractivity contribution >= 4 is 32.2 Å². The van der Waals surface area contributed by atoms with Crippen LogP contribution in [-0.2, 0) is 6.54 Å². The summed E-state index contributed by atoms with van der Waals surface area (Å²) in [6, 6.07) is 8.23. The molecule has 0 spiro atoms. The van der Waals surface area contributed by atoms with Gasteiger partial charge in [0.15, 0.2) is 5.82 Å². The summed E-state index contributed by atoms with van der Waals surface area (Å²) >= 11 is 5.23. The van der Waals surface area contributed by atoms with Crippen LogP contribution in [0, 0.1) is 11.8 Å². The lowest BCUT2D eigenvalue weighted by molar-refractivity contribution is 0.135. The smallest absolute Gasteiger partial charge is 0.216 e. The molecule has 4 nitrogen and oxygen atoms in total. The third-order valence-corrected chi connectivity index (χ3v) is 6.07. The van der Waals surface area contributed by atoms with Gasteiger partial charge in [-0.25, -0.2) is 0 Å². The van der Waals surface area contributed by atoms with E-state index in [-0.39, 0.29) is 0 Å². The minimum Gasteiger partial charge on any atom is -0.298 e. The number of hydrogen-bond acceptors (Lipinski definition) is 4. The van der Waals surface area contributed by atoms with Crippen molar-refractivity contribution in [3.8, 4) is 11.4 Å².